The van der Waals surface area contributed by atoms with Gasteiger partial charge >= 0.3 is 5.97 Å². The molecular formula is C13H17NO4S. The monoisotopic (exact) mass is 283 g/mol. The molecule has 2 rings (SSSR count). The highest BCUT2D eigenvalue weighted by Crippen LogP contribution is 2.32. The van der Waals surface area contributed by atoms with Gasteiger partial charge < -0.3 is 5.11 Å². The van der Waals surface area contributed by atoms with E-state index in [1.54, 1.807) is 26.0 Å². The van der Waals surface area contributed by atoms with Gasteiger partial charge in [-0.15, -0.1) is 0 Å². The van der Waals surface area contributed by atoms with Crippen LogP contribution in [0, 0.1) is 0 Å². The molecule has 19 heavy (non-hydrogen) atoms. The Morgan fingerprint density at radius 1 is 1.37 bits per heavy atom. The predicted octanol–water partition coefficient (Wildman–Crippen LogP) is 1.88. The van der Waals surface area contributed by atoms with Gasteiger partial charge in [0.25, 0.3) is 0 Å². The van der Waals surface area contributed by atoms with E-state index in [9.17, 15) is 18.3 Å². The van der Waals surface area contributed by atoms with E-state index in [0.717, 1.165) is 0 Å². The Hall–Kier alpha value is -1.56. The van der Waals surface area contributed by atoms with Crippen LogP contribution in [0.5, 0.6) is 0 Å². The van der Waals surface area contributed by atoms with Crippen molar-refractivity contribution in [2.45, 2.75) is 31.9 Å². The number of carbonyl (C=O) groups is 1. The minimum Gasteiger partial charge on any atom is -0.478 e. The Balaban J connectivity index is 2.58. The number of carboxylic acid groups (broad SMARTS) is 1. The number of aromatic carboxylic acids is 1. The van der Waals surface area contributed by atoms with E-state index in [2.05, 4.69) is 0 Å². The molecule has 1 aliphatic heterocycles. The molecule has 0 radical (unpaired) electrons. The molecule has 5 nitrogen and oxygen atoms in total. The summed E-state index contributed by atoms with van der Waals surface area (Å²) in [5, 5.41) is 8.65. The van der Waals surface area contributed by atoms with Gasteiger partial charge in [0.15, 0.2) is 0 Å². The smallest absolute Gasteiger partial charge is 0.336 e. The van der Waals surface area contributed by atoms with Gasteiger partial charge in [-0.05, 0) is 44.4 Å². The van der Waals surface area contributed by atoms with E-state index in [-0.39, 0.29) is 5.56 Å². The summed E-state index contributed by atoms with van der Waals surface area (Å²) in [5.41, 5.74) is 1.33. The fraction of sp³-hybridized carbons (Fsp3) is 0.462. The van der Waals surface area contributed by atoms with Crippen LogP contribution in [0.25, 0.3) is 0 Å². The number of fused-ring (bicyclic) bond motifs is 1. The summed E-state index contributed by atoms with van der Waals surface area (Å²) in [6.07, 6.45) is 1.24. The van der Waals surface area contributed by atoms with Crippen molar-refractivity contribution in [2.75, 3.05) is 10.8 Å². The third-order valence-electron chi connectivity index (χ3n) is 3.34. The normalized spacial score (nSPS) is 15.4. The highest BCUT2D eigenvalue weighted by Gasteiger charge is 2.31. The van der Waals surface area contributed by atoms with E-state index < -0.39 is 21.2 Å². The van der Waals surface area contributed by atoms with Gasteiger partial charge in [0.2, 0.25) is 10.0 Å². The van der Waals surface area contributed by atoms with E-state index in [1.807, 2.05) is 0 Å². The third-order valence-corrected chi connectivity index (χ3v) is 5.53. The number of benzene rings is 1. The number of anilines is 1. The topological polar surface area (TPSA) is 74.7 Å². The molecular weight excluding hydrogens is 266 g/mol. The first-order valence-electron chi connectivity index (χ1n) is 6.22. The molecule has 0 bridgehead atoms. The number of hydrogen-bond acceptors (Lipinski definition) is 3. The lowest BCUT2D eigenvalue weighted by molar-refractivity contribution is 0.0695. The van der Waals surface area contributed by atoms with Crippen molar-refractivity contribution in [2.24, 2.45) is 0 Å². The first-order valence-corrected chi connectivity index (χ1v) is 7.72. The van der Waals surface area contributed by atoms with Gasteiger partial charge in [0.1, 0.15) is 0 Å². The van der Waals surface area contributed by atoms with Crippen LogP contribution in [0.2, 0.25) is 0 Å². The molecule has 1 heterocycles. The second-order valence-corrected chi connectivity index (χ2v) is 7.29. The summed E-state index contributed by atoms with van der Waals surface area (Å²) in [7, 11) is -3.42. The Morgan fingerprint density at radius 3 is 2.63 bits per heavy atom. The van der Waals surface area contributed by atoms with Crippen LogP contribution < -0.4 is 4.31 Å². The lowest BCUT2D eigenvalue weighted by Crippen LogP contribution is -2.40. The zero-order valence-electron chi connectivity index (χ0n) is 11.0. The SMILES string of the molecule is CC(C)S(=O)(=O)N1CCCc2c(C(=O)O)cccc21. The Morgan fingerprint density at radius 2 is 2.05 bits per heavy atom. The molecule has 0 amide bonds. The average molecular weight is 283 g/mol. The molecule has 1 aromatic carbocycles. The number of hydrogen-bond donors (Lipinski definition) is 1. The molecule has 0 spiro atoms. The Bertz CT molecular complexity index is 607. The quantitative estimate of drug-likeness (QED) is 0.919. The number of rotatable bonds is 3. The maximum atomic E-state index is 12.3. The molecule has 0 atom stereocenters. The summed E-state index contributed by atoms with van der Waals surface area (Å²) < 4.78 is 26.0. The lowest BCUT2D eigenvalue weighted by atomic mass is 9.98. The summed E-state index contributed by atoms with van der Waals surface area (Å²) in [6, 6.07) is 4.80. The van der Waals surface area contributed by atoms with Crippen molar-refractivity contribution in [3.05, 3.63) is 29.3 Å². The minimum atomic E-state index is -3.42. The van der Waals surface area contributed by atoms with Crippen molar-refractivity contribution in [1.82, 2.24) is 0 Å². The van der Waals surface area contributed by atoms with Gasteiger partial charge in [0.05, 0.1) is 16.5 Å². The molecule has 0 aromatic heterocycles. The van der Waals surface area contributed by atoms with Crippen molar-refractivity contribution in [3.8, 4) is 0 Å². The predicted molar refractivity (Wildman–Crippen MR) is 73.1 cm³/mol. The van der Waals surface area contributed by atoms with Crippen LogP contribution in [-0.2, 0) is 16.4 Å². The fourth-order valence-corrected chi connectivity index (χ4v) is 3.65. The Labute approximate surface area is 112 Å². The largest absolute Gasteiger partial charge is 0.478 e. The molecule has 0 saturated heterocycles. The molecule has 0 unspecified atom stereocenters. The summed E-state index contributed by atoms with van der Waals surface area (Å²) in [6.45, 7) is 3.67. The Kier molecular flexibility index (Phi) is 3.54. The van der Waals surface area contributed by atoms with E-state index >= 15 is 0 Å². The highest BCUT2D eigenvalue weighted by molar-refractivity contribution is 7.93. The second-order valence-electron chi connectivity index (χ2n) is 4.88. The van der Waals surface area contributed by atoms with Gasteiger partial charge in [-0.25, -0.2) is 13.2 Å². The van der Waals surface area contributed by atoms with Gasteiger partial charge in [-0.2, -0.15) is 0 Å². The third kappa shape index (κ3) is 2.32. The standard InChI is InChI=1S/C13H17NO4S/c1-9(2)19(17,18)14-8-4-6-10-11(13(15)16)5-3-7-12(10)14/h3,5,7,9H,4,6,8H2,1-2H3,(H,15,16). The molecule has 6 heteroatoms. The number of nitrogens with zero attached hydrogens (tertiary/aromatic N) is 1. The molecule has 0 saturated carbocycles. The maximum Gasteiger partial charge on any atom is 0.336 e. The van der Waals surface area contributed by atoms with Crippen LogP contribution in [0.15, 0.2) is 18.2 Å². The molecule has 0 fully saturated rings. The highest BCUT2D eigenvalue weighted by atomic mass is 32.2. The lowest BCUT2D eigenvalue weighted by Gasteiger charge is -2.32. The maximum absolute atomic E-state index is 12.3. The van der Waals surface area contributed by atoms with Crippen molar-refractivity contribution in [1.29, 1.82) is 0 Å². The molecule has 1 aromatic rings. The van der Waals surface area contributed by atoms with Crippen LogP contribution in [0.4, 0.5) is 5.69 Å². The van der Waals surface area contributed by atoms with Crippen LogP contribution in [0.1, 0.15) is 36.2 Å². The summed E-state index contributed by atoms with van der Waals surface area (Å²) in [4.78, 5) is 11.2. The van der Waals surface area contributed by atoms with Crippen molar-refractivity contribution >= 4 is 21.7 Å². The molecule has 1 N–H and O–H groups in total. The van der Waals surface area contributed by atoms with E-state index in [0.29, 0.717) is 30.6 Å². The van der Waals surface area contributed by atoms with E-state index in [4.69, 9.17) is 0 Å². The van der Waals surface area contributed by atoms with E-state index in [1.165, 1.54) is 10.4 Å². The van der Waals surface area contributed by atoms with Gasteiger partial charge in [-0.3, -0.25) is 4.31 Å². The zero-order valence-corrected chi connectivity index (χ0v) is 11.8. The van der Waals surface area contributed by atoms with Crippen LogP contribution in [-0.4, -0.2) is 31.3 Å². The summed E-state index contributed by atoms with van der Waals surface area (Å²) >= 11 is 0. The van der Waals surface area contributed by atoms with Gasteiger partial charge in [-0.1, -0.05) is 6.07 Å². The summed E-state index contributed by atoms with van der Waals surface area (Å²) in [5.74, 6) is -1.01. The zero-order chi connectivity index (χ0) is 14.2. The first kappa shape index (κ1) is 13.9. The minimum absolute atomic E-state index is 0.196. The first-order chi connectivity index (χ1) is 8.85. The van der Waals surface area contributed by atoms with Crippen molar-refractivity contribution in [3.63, 3.8) is 0 Å². The van der Waals surface area contributed by atoms with Crippen molar-refractivity contribution < 1.29 is 18.3 Å². The molecule has 1 aliphatic rings. The molecule has 104 valence electrons. The molecule has 0 aliphatic carbocycles. The second kappa shape index (κ2) is 4.85. The van der Waals surface area contributed by atoms with Crippen LogP contribution >= 0.6 is 0 Å². The van der Waals surface area contributed by atoms with Crippen LogP contribution in [0.3, 0.4) is 0 Å². The fourth-order valence-electron chi connectivity index (χ4n) is 2.31. The number of sulfonamides is 1. The number of carboxylic acids is 1. The van der Waals surface area contributed by atoms with Gasteiger partial charge in [0, 0.05) is 6.54 Å². The average Bonchev–Trinajstić information content (AvgIpc) is 2.36.